The summed E-state index contributed by atoms with van der Waals surface area (Å²) in [4.78, 5) is 48.7. The second kappa shape index (κ2) is 10.5. The van der Waals surface area contributed by atoms with Gasteiger partial charge >= 0.3 is 12.4 Å². The molecule has 9 nitrogen and oxygen atoms in total. The van der Waals surface area contributed by atoms with E-state index >= 15 is 0 Å². The van der Waals surface area contributed by atoms with E-state index in [4.69, 9.17) is 0 Å². The van der Waals surface area contributed by atoms with Crippen molar-refractivity contribution in [2.75, 3.05) is 36.0 Å². The van der Waals surface area contributed by atoms with Crippen LogP contribution in [0.15, 0.2) is 73.1 Å². The van der Waals surface area contributed by atoms with E-state index < -0.39 is 29.6 Å². The van der Waals surface area contributed by atoms with E-state index in [2.05, 4.69) is 19.9 Å². The van der Waals surface area contributed by atoms with Gasteiger partial charge in [-0.15, -0.1) is 13.2 Å². The molecule has 5 rings (SSSR count). The summed E-state index contributed by atoms with van der Waals surface area (Å²) in [5.41, 5.74) is 0.652. The van der Waals surface area contributed by atoms with Crippen LogP contribution in [0.1, 0.15) is 22.8 Å². The highest BCUT2D eigenvalue weighted by molar-refractivity contribution is 6.23. The van der Waals surface area contributed by atoms with E-state index in [9.17, 15) is 27.6 Å². The normalized spacial score (nSPS) is 19.6. The number of anilines is 2. The molecule has 3 heterocycles. The number of amides is 4. The van der Waals surface area contributed by atoms with Gasteiger partial charge in [-0.2, -0.15) is 0 Å². The largest absolute Gasteiger partial charge is 0.573 e. The summed E-state index contributed by atoms with van der Waals surface area (Å²) in [6.07, 6.45) is -1.88. The van der Waals surface area contributed by atoms with E-state index in [1.54, 1.807) is 17.9 Å². The summed E-state index contributed by atoms with van der Waals surface area (Å²) >= 11 is 0. The number of aromatic nitrogens is 1. The average Bonchev–Trinajstić information content (AvgIpc) is 3.16. The minimum atomic E-state index is -4.86. The van der Waals surface area contributed by atoms with Crippen molar-refractivity contribution in [2.24, 2.45) is 0 Å². The summed E-state index contributed by atoms with van der Waals surface area (Å²) in [5.74, 6) is -1.29. The molecule has 0 bridgehead atoms. The molecule has 1 aromatic heterocycles. The Morgan fingerprint density at radius 3 is 2.30 bits per heavy atom. The molecule has 40 heavy (non-hydrogen) atoms. The molecule has 0 aliphatic carbocycles. The number of nitrogens with one attached hydrogen (secondary N) is 1. The molecular weight excluding hydrogens is 527 g/mol. The van der Waals surface area contributed by atoms with Crippen molar-refractivity contribution in [1.29, 1.82) is 0 Å². The third kappa shape index (κ3) is 5.56. The Morgan fingerprint density at radius 1 is 0.975 bits per heavy atom. The van der Waals surface area contributed by atoms with Gasteiger partial charge in [-0.3, -0.25) is 14.6 Å². The highest BCUT2D eigenvalue weighted by Crippen LogP contribution is 2.31. The van der Waals surface area contributed by atoms with Crippen LogP contribution in [0, 0.1) is 0 Å². The highest BCUT2D eigenvalue weighted by Gasteiger charge is 2.49. The van der Waals surface area contributed by atoms with E-state index in [1.165, 1.54) is 24.5 Å². The first kappa shape index (κ1) is 27.0. The van der Waals surface area contributed by atoms with Crippen molar-refractivity contribution < 1.29 is 32.3 Å². The Bertz CT molecular complexity index is 1410. The molecule has 1 N–H and O–H groups in total. The Morgan fingerprint density at radius 2 is 1.65 bits per heavy atom. The fourth-order valence-electron chi connectivity index (χ4n) is 4.96. The van der Waals surface area contributed by atoms with Gasteiger partial charge < -0.3 is 19.9 Å². The number of hydrogen-bond acceptors (Lipinski definition) is 6. The Kier molecular flexibility index (Phi) is 7.09. The van der Waals surface area contributed by atoms with Gasteiger partial charge in [0, 0.05) is 50.7 Å². The molecule has 12 heteroatoms. The van der Waals surface area contributed by atoms with Crippen LogP contribution < -0.4 is 19.9 Å². The Labute approximate surface area is 228 Å². The number of nitrogens with zero attached hydrogens (tertiary/aromatic N) is 4. The summed E-state index contributed by atoms with van der Waals surface area (Å²) in [6, 6.07) is 15.3. The van der Waals surface area contributed by atoms with Crippen LogP contribution in [0.5, 0.6) is 5.75 Å². The third-order valence-electron chi connectivity index (χ3n) is 6.96. The number of rotatable bonds is 6. The number of carbonyl (C=O) groups is 3. The van der Waals surface area contributed by atoms with Crippen LogP contribution in [-0.2, 0) is 11.2 Å². The zero-order valence-corrected chi connectivity index (χ0v) is 21.5. The molecule has 3 aromatic rings. The molecule has 2 aliphatic heterocycles. The number of pyridine rings is 1. The minimum Gasteiger partial charge on any atom is -0.406 e. The molecule has 2 fully saturated rings. The number of hydrogen-bond donors (Lipinski definition) is 1. The molecule has 0 spiro atoms. The number of urea groups is 1. The fraction of sp³-hybridized carbons (Fsp3) is 0.286. The van der Waals surface area contributed by atoms with Crippen LogP contribution in [0.25, 0.3) is 0 Å². The van der Waals surface area contributed by atoms with E-state index in [0.29, 0.717) is 37.3 Å². The van der Waals surface area contributed by atoms with Gasteiger partial charge in [-0.05, 0) is 55.0 Å². The minimum absolute atomic E-state index is 0.0108. The zero-order valence-electron chi connectivity index (χ0n) is 21.5. The van der Waals surface area contributed by atoms with Gasteiger partial charge in [-0.1, -0.05) is 18.2 Å². The van der Waals surface area contributed by atoms with Gasteiger partial charge in [0.25, 0.3) is 11.8 Å². The predicted molar refractivity (Wildman–Crippen MR) is 140 cm³/mol. The Balaban J connectivity index is 1.29. The van der Waals surface area contributed by atoms with Crippen molar-refractivity contribution in [1.82, 2.24) is 15.2 Å². The number of carbonyl (C=O) groups excluding carboxylic acids is 3. The first-order valence-electron chi connectivity index (χ1n) is 12.6. The van der Waals surface area contributed by atoms with Crippen LogP contribution in [0.3, 0.4) is 0 Å². The average molecular weight is 554 g/mol. The summed E-state index contributed by atoms with van der Waals surface area (Å²) in [7, 11) is 0. The van der Waals surface area contributed by atoms with Crippen molar-refractivity contribution >= 4 is 29.2 Å². The number of benzene rings is 2. The molecule has 2 aromatic carbocycles. The van der Waals surface area contributed by atoms with Gasteiger partial charge in [0.1, 0.15) is 11.3 Å². The van der Waals surface area contributed by atoms with Gasteiger partial charge in [-0.25, -0.2) is 9.69 Å². The fourth-order valence-corrected chi connectivity index (χ4v) is 4.96. The van der Waals surface area contributed by atoms with Crippen LogP contribution in [-0.4, -0.2) is 65.8 Å². The quantitative estimate of drug-likeness (QED) is 0.464. The molecule has 1 unspecified atom stereocenters. The van der Waals surface area contributed by atoms with Gasteiger partial charge in [0.05, 0.1) is 11.3 Å². The van der Waals surface area contributed by atoms with Gasteiger partial charge in [0.15, 0.2) is 0 Å². The molecule has 2 aliphatic rings. The maximum atomic E-state index is 13.5. The monoisotopic (exact) mass is 553 g/mol. The third-order valence-corrected chi connectivity index (χ3v) is 6.96. The lowest BCUT2D eigenvalue weighted by atomic mass is 9.90. The van der Waals surface area contributed by atoms with Crippen molar-refractivity contribution in [3.63, 3.8) is 0 Å². The topological polar surface area (TPSA) is 95.1 Å². The number of halogens is 3. The number of alkyl halides is 3. The van der Waals surface area contributed by atoms with Gasteiger partial charge in [0.2, 0.25) is 0 Å². The number of piperazine rings is 1. The summed E-state index contributed by atoms with van der Waals surface area (Å²) in [5, 5.41) is 2.67. The predicted octanol–water partition coefficient (Wildman–Crippen LogP) is 4.00. The van der Waals surface area contributed by atoms with Crippen molar-refractivity contribution in [2.45, 2.75) is 25.2 Å². The molecule has 2 saturated heterocycles. The first-order chi connectivity index (χ1) is 19.0. The smallest absolute Gasteiger partial charge is 0.406 e. The van der Waals surface area contributed by atoms with Crippen LogP contribution in [0.4, 0.5) is 29.3 Å². The SMILES string of the molecule is CC1(Cc2ccncc2C(=O)N2CCN(c3ccccc3)CC2)NC(=O)N(c2ccc(OC(F)(F)F)cc2)C1=O. The first-order valence-corrected chi connectivity index (χ1v) is 12.6. The van der Waals surface area contributed by atoms with Crippen molar-refractivity contribution in [3.8, 4) is 5.75 Å². The lowest BCUT2D eigenvalue weighted by molar-refractivity contribution is -0.274. The molecule has 208 valence electrons. The van der Waals surface area contributed by atoms with Crippen molar-refractivity contribution in [3.05, 3.63) is 84.2 Å². The second-order valence-electron chi connectivity index (χ2n) is 9.77. The standard InChI is InChI=1S/C28H26F3N5O4/c1-27(25(38)36(26(39)33-27)21-7-9-22(10-8-21)40-28(29,30)31)17-19-11-12-32-18-23(19)24(37)35-15-13-34(14-16-35)20-5-3-2-4-6-20/h2-12,18H,13-17H2,1H3,(H,33,39). The summed E-state index contributed by atoms with van der Waals surface area (Å²) in [6.45, 7) is 3.90. The zero-order chi connectivity index (χ0) is 28.5. The molecular formula is C28H26F3N5O4. The van der Waals surface area contributed by atoms with Crippen LogP contribution in [0.2, 0.25) is 0 Å². The number of imide groups is 1. The van der Waals surface area contributed by atoms with E-state index in [0.717, 1.165) is 22.7 Å². The maximum Gasteiger partial charge on any atom is 0.573 e. The molecule has 0 radical (unpaired) electrons. The molecule has 4 amide bonds. The molecule has 0 saturated carbocycles. The lowest BCUT2D eigenvalue weighted by Crippen LogP contribution is -2.49. The second-order valence-corrected chi connectivity index (χ2v) is 9.77. The van der Waals surface area contributed by atoms with E-state index in [-0.39, 0.29) is 18.0 Å². The number of para-hydroxylation sites is 1. The number of ether oxygens (including phenoxy) is 1. The maximum absolute atomic E-state index is 13.5. The Hall–Kier alpha value is -4.61. The lowest BCUT2D eigenvalue weighted by Gasteiger charge is -2.36. The highest BCUT2D eigenvalue weighted by atomic mass is 19.4. The summed E-state index contributed by atoms with van der Waals surface area (Å²) < 4.78 is 41.3. The van der Waals surface area contributed by atoms with Crippen LogP contribution >= 0.6 is 0 Å². The van der Waals surface area contributed by atoms with E-state index in [1.807, 2.05) is 30.3 Å². The molecule has 1 atom stereocenters.